The predicted molar refractivity (Wildman–Crippen MR) is 126 cm³/mol. The van der Waals surface area contributed by atoms with E-state index in [0.29, 0.717) is 35.9 Å². The molecule has 1 unspecified atom stereocenters. The molecule has 3 heterocycles. The lowest BCUT2D eigenvalue weighted by Gasteiger charge is -2.23. The Morgan fingerprint density at radius 1 is 0.971 bits per heavy atom. The van der Waals surface area contributed by atoms with Crippen LogP contribution in [-0.2, 0) is 16.8 Å². The first-order valence-electron chi connectivity index (χ1n) is 11.5. The zero-order chi connectivity index (χ0) is 23.3. The van der Waals surface area contributed by atoms with Crippen LogP contribution in [0.25, 0.3) is 0 Å². The number of carbonyl (C=O) groups is 2. The molecule has 3 aromatic rings. The second-order valence-corrected chi connectivity index (χ2v) is 8.76. The van der Waals surface area contributed by atoms with Crippen LogP contribution in [0.2, 0.25) is 0 Å². The van der Waals surface area contributed by atoms with Gasteiger partial charge < -0.3 is 24.4 Å². The van der Waals surface area contributed by atoms with Gasteiger partial charge in [-0.1, -0.05) is 37.3 Å². The van der Waals surface area contributed by atoms with E-state index in [1.807, 2.05) is 60.4 Å². The third-order valence-electron chi connectivity index (χ3n) is 6.74. The van der Waals surface area contributed by atoms with E-state index in [1.165, 1.54) is 0 Å². The summed E-state index contributed by atoms with van der Waals surface area (Å²) < 4.78 is 17.1. The van der Waals surface area contributed by atoms with Crippen molar-refractivity contribution in [2.75, 3.05) is 24.8 Å². The summed E-state index contributed by atoms with van der Waals surface area (Å²) in [6.45, 7) is 3.45. The van der Waals surface area contributed by atoms with Crippen molar-refractivity contribution in [1.82, 2.24) is 5.32 Å². The summed E-state index contributed by atoms with van der Waals surface area (Å²) in [5, 5.41) is 2.88. The van der Waals surface area contributed by atoms with E-state index >= 15 is 0 Å². The van der Waals surface area contributed by atoms with Crippen molar-refractivity contribution in [3.63, 3.8) is 0 Å². The van der Waals surface area contributed by atoms with Gasteiger partial charge in [0.15, 0.2) is 11.5 Å². The van der Waals surface area contributed by atoms with Crippen molar-refractivity contribution in [2.45, 2.75) is 25.3 Å². The zero-order valence-corrected chi connectivity index (χ0v) is 18.8. The van der Waals surface area contributed by atoms with E-state index in [4.69, 9.17) is 14.2 Å². The predicted octanol–water partition coefficient (Wildman–Crippen LogP) is 3.78. The van der Waals surface area contributed by atoms with Crippen molar-refractivity contribution < 1.29 is 23.8 Å². The van der Waals surface area contributed by atoms with Gasteiger partial charge in [-0.25, -0.2) is 0 Å². The van der Waals surface area contributed by atoms with Gasteiger partial charge in [-0.05, 0) is 41.8 Å². The normalized spacial score (nSPS) is 19.2. The monoisotopic (exact) mass is 456 g/mol. The maximum atomic E-state index is 14.1. The van der Waals surface area contributed by atoms with Crippen LogP contribution in [0.1, 0.15) is 40.4 Å². The average molecular weight is 456 g/mol. The molecule has 0 saturated heterocycles. The summed E-state index contributed by atoms with van der Waals surface area (Å²) in [4.78, 5) is 28.1. The molecule has 7 nitrogen and oxygen atoms in total. The fourth-order valence-electron chi connectivity index (χ4n) is 5.01. The van der Waals surface area contributed by atoms with Gasteiger partial charge in [-0.15, -0.1) is 0 Å². The Hall–Kier alpha value is -4.00. The number of hydrogen-bond donors (Lipinski definition) is 1. The van der Waals surface area contributed by atoms with Gasteiger partial charge in [0, 0.05) is 29.4 Å². The largest absolute Gasteiger partial charge is 0.491 e. The van der Waals surface area contributed by atoms with Gasteiger partial charge in [-0.3, -0.25) is 9.59 Å². The molecule has 3 aliphatic heterocycles. The van der Waals surface area contributed by atoms with Crippen molar-refractivity contribution >= 4 is 17.5 Å². The number of rotatable bonds is 5. The average Bonchev–Trinajstić information content (AvgIpc) is 3.54. The van der Waals surface area contributed by atoms with Crippen LogP contribution >= 0.6 is 0 Å². The Kier molecular flexibility index (Phi) is 4.72. The number of nitrogens with zero attached hydrogens (tertiary/aromatic N) is 1. The van der Waals surface area contributed by atoms with Crippen molar-refractivity contribution in [2.24, 2.45) is 0 Å². The number of hydrogen-bond acceptors (Lipinski definition) is 5. The quantitative estimate of drug-likeness (QED) is 0.632. The van der Waals surface area contributed by atoms with Gasteiger partial charge in [-0.2, -0.15) is 0 Å². The first-order valence-corrected chi connectivity index (χ1v) is 11.5. The molecule has 0 aromatic heterocycles. The first-order chi connectivity index (χ1) is 16.6. The van der Waals surface area contributed by atoms with Crippen molar-refractivity contribution in [3.05, 3.63) is 82.9 Å². The molecule has 3 aromatic carbocycles. The van der Waals surface area contributed by atoms with E-state index in [-0.39, 0.29) is 25.2 Å². The van der Waals surface area contributed by atoms with Gasteiger partial charge in [0.2, 0.25) is 12.7 Å². The van der Waals surface area contributed by atoms with E-state index in [9.17, 15) is 9.59 Å². The molecular weight excluding hydrogens is 432 g/mol. The minimum atomic E-state index is -0.924. The number of carbonyl (C=O) groups excluding carboxylic acids is 2. The van der Waals surface area contributed by atoms with Crippen LogP contribution in [0.15, 0.2) is 60.7 Å². The second-order valence-electron chi connectivity index (χ2n) is 8.76. The number of para-hydroxylation sites is 1. The van der Waals surface area contributed by atoms with Crippen molar-refractivity contribution in [1.29, 1.82) is 0 Å². The van der Waals surface area contributed by atoms with Gasteiger partial charge in [0.25, 0.3) is 5.91 Å². The minimum absolute atomic E-state index is 0.0314. The summed E-state index contributed by atoms with van der Waals surface area (Å²) >= 11 is 0. The molecule has 0 radical (unpaired) electrons. The first kappa shape index (κ1) is 20.6. The molecule has 172 valence electrons. The Morgan fingerprint density at radius 2 is 1.74 bits per heavy atom. The second kappa shape index (κ2) is 7.80. The number of anilines is 1. The number of ether oxygens (including phenoxy) is 3. The number of nitrogens with one attached hydrogen (secondary N) is 1. The standard InChI is InChI=1S/C27H24N2O5/c1-2-11-28-25(30)18-9-7-17(8-10-18)14-29-21-6-4-3-5-19(21)27(26(29)31)15-32-22-13-24-23(12-20(22)27)33-16-34-24/h3-10,12-13H,2,11,14-16H2,1H3,(H,28,30). The van der Waals surface area contributed by atoms with Gasteiger partial charge >= 0.3 is 0 Å². The molecule has 0 saturated carbocycles. The molecule has 6 rings (SSSR count). The molecule has 0 fully saturated rings. The SMILES string of the molecule is CCCNC(=O)c1ccc(CN2C(=O)C3(COc4cc5c(cc43)OCO5)c3ccccc32)cc1. The van der Waals surface area contributed by atoms with Crippen LogP contribution in [0.5, 0.6) is 17.2 Å². The third kappa shape index (κ3) is 2.96. The summed E-state index contributed by atoms with van der Waals surface area (Å²) in [5.74, 6) is 1.79. The van der Waals surface area contributed by atoms with E-state index in [1.54, 1.807) is 12.1 Å². The molecule has 0 bridgehead atoms. The number of fused-ring (bicyclic) bond motifs is 5. The van der Waals surface area contributed by atoms with Crippen LogP contribution in [0.4, 0.5) is 5.69 Å². The maximum Gasteiger partial charge on any atom is 0.251 e. The van der Waals surface area contributed by atoms with Crippen LogP contribution < -0.4 is 24.4 Å². The van der Waals surface area contributed by atoms with Crippen molar-refractivity contribution in [3.8, 4) is 17.2 Å². The summed E-state index contributed by atoms with van der Waals surface area (Å²) in [6, 6.07) is 19.0. The third-order valence-corrected chi connectivity index (χ3v) is 6.74. The fourth-order valence-corrected chi connectivity index (χ4v) is 5.01. The molecule has 1 atom stereocenters. The highest BCUT2D eigenvalue weighted by molar-refractivity contribution is 6.11. The zero-order valence-electron chi connectivity index (χ0n) is 18.8. The fraction of sp³-hybridized carbons (Fsp3) is 0.259. The van der Waals surface area contributed by atoms with Gasteiger partial charge in [0.05, 0.1) is 6.54 Å². The molecule has 1 spiro atoms. The highest BCUT2D eigenvalue weighted by Gasteiger charge is 2.57. The Balaban J connectivity index is 1.34. The molecule has 0 aliphatic carbocycles. The Bertz CT molecular complexity index is 1300. The maximum absolute atomic E-state index is 14.1. The van der Waals surface area contributed by atoms with Crippen LogP contribution in [0.3, 0.4) is 0 Å². The summed E-state index contributed by atoms with van der Waals surface area (Å²) in [7, 11) is 0. The van der Waals surface area contributed by atoms with E-state index in [0.717, 1.165) is 28.8 Å². The molecule has 34 heavy (non-hydrogen) atoms. The van der Waals surface area contributed by atoms with E-state index in [2.05, 4.69) is 5.32 Å². The van der Waals surface area contributed by atoms with Gasteiger partial charge in [0.1, 0.15) is 17.8 Å². The summed E-state index contributed by atoms with van der Waals surface area (Å²) in [6.07, 6.45) is 0.886. The number of amides is 2. The lowest BCUT2D eigenvalue weighted by molar-refractivity contribution is -0.122. The topological polar surface area (TPSA) is 77.1 Å². The summed E-state index contributed by atoms with van der Waals surface area (Å²) in [5.41, 5.74) is 3.22. The Labute approximate surface area is 197 Å². The minimum Gasteiger partial charge on any atom is -0.491 e. The molecule has 2 amide bonds. The van der Waals surface area contributed by atoms with E-state index < -0.39 is 5.41 Å². The van der Waals surface area contributed by atoms with Crippen LogP contribution in [0, 0.1) is 0 Å². The highest BCUT2D eigenvalue weighted by atomic mass is 16.7. The molecule has 7 heteroatoms. The highest BCUT2D eigenvalue weighted by Crippen LogP contribution is 2.55. The number of benzene rings is 3. The Morgan fingerprint density at radius 3 is 2.53 bits per heavy atom. The molecule has 1 N–H and O–H groups in total. The smallest absolute Gasteiger partial charge is 0.251 e. The molecular formula is C27H24N2O5. The van der Waals surface area contributed by atoms with Crippen LogP contribution in [-0.4, -0.2) is 31.8 Å². The lowest BCUT2D eigenvalue weighted by atomic mass is 9.77. The lowest BCUT2D eigenvalue weighted by Crippen LogP contribution is -2.42. The molecule has 3 aliphatic rings.